The number of nitrogens with one attached hydrogen (secondary N) is 1. The Labute approximate surface area is 88.7 Å². The normalized spacial score (nSPS) is 34.9. The lowest BCUT2D eigenvalue weighted by atomic mass is 9.91. The van der Waals surface area contributed by atoms with E-state index in [4.69, 9.17) is 0 Å². The highest BCUT2D eigenvalue weighted by atomic mass is 15.0. The zero-order chi connectivity index (χ0) is 9.80. The average Bonchev–Trinajstić information content (AvgIpc) is 2.80. The van der Waals surface area contributed by atoms with Crippen LogP contribution in [-0.2, 0) is 0 Å². The van der Waals surface area contributed by atoms with Gasteiger partial charge in [0.25, 0.3) is 0 Å². The largest absolute Gasteiger partial charge is 0.313 e. The first-order chi connectivity index (χ1) is 6.86. The maximum absolute atomic E-state index is 3.72. The highest BCUT2D eigenvalue weighted by molar-refractivity contribution is 4.90. The molecule has 0 spiro atoms. The van der Waals surface area contributed by atoms with Crippen molar-refractivity contribution >= 4 is 0 Å². The summed E-state index contributed by atoms with van der Waals surface area (Å²) in [6, 6.07) is 0.875. The maximum atomic E-state index is 3.72. The molecular formula is C13H25N. The summed E-state index contributed by atoms with van der Waals surface area (Å²) in [6.07, 6.45) is 11.8. The van der Waals surface area contributed by atoms with Crippen molar-refractivity contribution in [3.8, 4) is 0 Å². The Morgan fingerprint density at radius 3 is 2.14 bits per heavy atom. The fourth-order valence-electron chi connectivity index (χ4n) is 2.67. The van der Waals surface area contributed by atoms with Gasteiger partial charge in [-0.05, 0) is 37.6 Å². The van der Waals surface area contributed by atoms with Crippen molar-refractivity contribution < 1.29 is 0 Å². The van der Waals surface area contributed by atoms with Crippen LogP contribution in [0.3, 0.4) is 0 Å². The standard InChI is InChI=1S/C13H25N/c1-11-9-13(11)14-10-12-7-5-3-2-4-6-8-12/h11-14H,2-10H2,1H3/t11-,13-/m1/s1. The van der Waals surface area contributed by atoms with Gasteiger partial charge in [-0.25, -0.2) is 0 Å². The van der Waals surface area contributed by atoms with Gasteiger partial charge in [0.1, 0.15) is 0 Å². The van der Waals surface area contributed by atoms with Crippen LogP contribution in [0.2, 0.25) is 0 Å². The van der Waals surface area contributed by atoms with Gasteiger partial charge in [-0.15, -0.1) is 0 Å². The lowest BCUT2D eigenvalue weighted by Crippen LogP contribution is -2.26. The average molecular weight is 195 g/mol. The van der Waals surface area contributed by atoms with Crippen LogP contribution in [0.25, 0.3) is 0 Å². The van der Waals surface area contributed by atoms with Crippen molar-refractivity contribution in [3.63, 3.8) is 0 Å². The van der Waals surface area contributed by atoms with Crippen molar-refractivity contribution in [2.75, 3.05) is 6.54 Å². The van der Waals surface area contributed by atoms with Crippen molar-refractivity contribution in [2.24, 2.45) is 11.8 Å². The van der Waals surface area contributed by atoms with Crippen LogP contribution >= 0.6 is 0 Å². The summed E-state index contributed by atoms with van der Waals surface area (Å²) in [5, 5.41) is 3.72. The Balaban J connectivity index is 1.62. The first kappa shape index (κ1) is 10.5. The van der Waals surface area contributed by atoms with Gasteiger partial charge in [0.2, 0.25) is 0 Å². The Bertz CT molecular complexity index is 159. The minimum atomic E-state index is 0.875. The van der Waals surface area contributed by atoms with Crippen LogP contribution in [-0.4, -0.2) is 12.6 Å². The second-order valence-corrected chi connectivity index (χ2v) is 5.44. The molecular weight excluding hydrogens is 170 g/mol. The monoisotopic (exact) mass is 195 g/mol. The van der Waals surface area contributed by atoms with Gasteiger partial charge in [0.05, 0.1) is 0 Å². The Morgan fingerprint density at radius 2 is 1.57 bits per heavy atom. The lowest BCUT2D eigenvalue weighted by Gasteiger charge is -2.20. The molecule has 14 heavy (non-hydrogen) atoms. The molecule has 2 fully saturated rings. The van der Waals surface area contributed by atoms with E-state index < -0.39 is 0 Å². The van der Waals surface area contributed by atoms with E-state index in [0.717, 1.165) is 17.9 Å². The predicted molar refractivity (Wildman–Crippen MR) is 61.4 cm³/mol. The molecule has 2 rings (SSSR count). The van der Waals surface area contributed by atoms with Gasteiger partial charge in [0, 0.05) is 6.04 Å². The quantitative estimate of drug-likeness (QED) is 0.728. The zero-order valence-electron chi connectivity index (χ0n) is 9.60. The second-order valence-electron chi connectivity index (χ2n) is 5.44. The third-order valence-corrected chi connectivity index (χ3v) is 4.00. The summed E-state index contributed by atoms with van der Waals surface area (Å²) >= 11 is 0. The molecule has 0 aromatic heterocycles. The van der Waals surface area contributed by atoms with Gasteiger partial charge >= 0.3 is 0 Å². The summed E-state index contributed by atoms with van der Waals surface area (Å²) in [5.41, 5.74) is 0. The molecule has 0 aliphatic heterocycles. The first-order valence-corrected chi connectivity index (χ1v) is 6.59. The summed E-state index contributed by atoms with van der Waals surface area (Å²) in [6.45, 7) is 3.66. The molecule has 2 saturated carbocycles. The highest BCUT2D eigenvalue weighted by Gasteiger charge is 2.32. The molecule has 0 radical (unpaired) electrons. The summed E-state index contributed by atoms with van der Waals surface area (Å²) in [7, 11) is 0. The maximum Gasteiger partial charge on any atom is 0.00965 e. The van der Waals surface area contributed by atoms with E-state index in [0.29, 0.717) is 0 Å². The second kappa shape index (κ2) is 5.16. The molecule has 1 nitrogen and oxygen atoms in total. The molecule has 1 N–H and O–H groups in total. The van der Waals surface area contributed by atoms with E-state index in [2.05, 4.69) is 12.2 Å². The van der Waals surface area contributed by atoms with E-state index in [9.17, 15) is 0 Å². The fraction of sp³-hybridized carbons (Fsp3) is 1.00. The van der Waals surface area contributed by atoms with Gasteiger partial charge in [-0.3, -0.25) is 0 Å². The molecule has 0 saturated heterocycles. The number of rotatable bonds is 3. The molecule has 0 aromatic rings. The number of hydrogen-bond acceptors (Lipinski definition) is 1. The van der Waals surface area contributed by atoms with Gasteiger partial charge in [0.15, 0.2) is 0 Å². The van der Waals surface area contributed by atoms with Gasteiger partial charge in [-0.1, -0.05) is 39.0 Å². The molecule has 0 unspecified atom stereocenters. The van der Waals surface area contributed by atoms with E-state index >= 15 is 0 Å². The predicted octanol–water partition coefficient (Wildman–Crippen LogP) is 3.34. The van der Waals surface area contributed by atoms with Crippen LogP contribution < -0.4 is 5.32 Å². The lowest BCUT2D eigenvalue weighted by molar-refractivity contribution is 0.358. The van der Waals surface area contributed by atoms with E-state index in [-0.39, 0.29) is 0 Å². The van der Waals surface area contributed by atoms with E-state index in [1.54, 1.807) is 0 Å². The molecule has 2 aliphatic rings. The number of hydrogen-bond donors (Lipinski definition) is 1. The van der Waals surface area contributed by atoms with Crippen LogP contribution in [0, 0.1) is 11.8 Å². The molecule has 82 valence electrons. The zero-order valence-corrected chi connectivity index (χ0v) is 9.60. The molecule has 0 heterocycles. The molecule has 0 amide bonds. The van der Waals surface area contributed by atoms with Crippen LogP contribution in [0.5, 0.6) is 0 Å². The van der Waals surface area contributed by atoms with Crippen LogP contribution in [0.15, 0.2) is 0 Å². The summed E-state index contributed by atoms with van der Waals surface area (Å²) < 4.78 is 0. The fourth-order valence-corrected chi connectivity index (χ4v) is 2.67. The third kappa shape index (κ3) is 3.27. The Morgan fingerprint density at radius 1 is 1.00 bits per heavy atom. The van der Waals surface area contributed by atoms with Gasteiger partial charge in [-0.2, -0.15) is 0 Å². The van der Waals surface area contributed by atoms with Crippen molar-refractivity contribution in [1.29, 1.82) is 0 Å². The Hall–Kier alpha value is -0.0400. The minimum Gasteiger partial charge on any atom is -0.313 e. The first-order valence-electron chi connectivity index (χ1n) is 6.59. The Kier molecular flexibility index (Phi) is 3.86. The summed E-state index contributed by atoms with van der Waals surface area (Å²) in [4.78, 5) is 0. The van der Waals surface area contributed by atoms with Crippen molar-refractivity contribution in [2.45, 2.75) is 64.3 Å². The molecule has 0 bridgehead atoms. The van der Waals surface area contributed by atoms with Crippen molar-refractivity contribution in [3.05, 3.63) is 0 Å². The highest BCUT2D eigenvalue weighted by Crippen LogP contribution is 2.30. The SMILES string of the molecule is C[C@@H]1C[C@H]1NCC1CCCCCCC1. The third-order valence-electron chi connectivity index (χ3n) is 4.00. The molecule has 1 heteroatoms. The van der Waals surface area contributed by atoms with E-state index in [1.807, 2.05) is 0 Å². The molecule has 2 aliphatic carbocycles. The van der Waals surface area contributed by atoms with Crippen LogP contribution in [0.4, 0.5) is 0 Å². The molecule has 0 aromatic carbocycles. The van der Waals surface area contributed by atoms with Crippen molar-refractivity contribution in [1.82, 2.24) is 5.32 Å². The topological polar surface area (TPSA) is 12.0 Å². The smallest absolute Gasteiger partial charge is 0.00965 e. The minimum absolute atomic E-state index is 0.875. The molecule has 2 atom stereocenters. The summed E-state index contributed by atoms with van der Waals surface area (Å²) in [5.74, 6) is 1.95. The van der Waals surface area contributed by atoms with Crippen LogP contribution in [0.1, 0.15) is 58.3 Å². The van der Waals surface area contributed by atoms with Gasteiger partial charge < -0.3 is 5.32 Å². The van der Waals surface area contributed by atoms with E-state index in [1.165, 1.54) is 57.9 Å².